The van der Waals surface area contributed by atoms with E-state index in [4.69, 9.17) is 0 Å². The number of halogens is 2. The third-order valence-corrected chi connectivity index (χ3v) is 4.86. The number of hydrogen-bond donors (Lipinski definition) is 2. The van der Waals surface area contributed by atoms with Gasteiger partial charge in [-0.1, -0.05) is 0 Å². The van der Waals surface area contributed by atoms with E-state index in [-0.39, 0.29) is 29.8 Å². The van der Waals surface area contributed by atoms with Crippen molar-refractivity contribution in [3.63, 3.8) is 0 Å². The Bertz CT molecular complexity index is 872. The second kappa shape index (κ2) is 10.4. The number of aromatic nitrogens is 2. The Labute approximate surface area is 179 Å². The summed E-state index contributed by atoms with van der Waals surface area (Å²) in [4.78, 5) is 6.83. The van der Waals surface area contributed by atoms with Gasteiger partial charge in [0.05, 0.1) is 17.9 Å². The van der Waals surface area contributed by atoms with Crippen LogP contribution in [0, 0.1) is 12.7 Å². The lowest BCUT2D eigenvalue weighted by Crippen LogP contribution is -2.37. The summed E-state index contributed by atoms with van der Waals surface area (Å²) in [5, 5.41) is 11.1. The molecule has 0 unspecified atom stereocenters. The van der Waals surface area contributed by atoms with Gasteiger partial charge >= 0.3 is 0 Å². The molecule has 0 fully saturated rings. The maximum absolute atomic E-state index is 13.0. The van der Waals surface area contributed by atoms with Crippen molar-refractivity contribution < 1.29 is 4.39 Å². The van der Waals surface area contributed by atoms with E-state index >= 15 is 0 Å². The van der Waals surface area contributed by atoms with Crippen molar-refractivity contribution in [2.24, 2.45) is 4.99 Å². The predicted molar refractivity (Wildman–Crippen MR) is 120 cm³/mol. The molecule has 3 rings (SSSR count). The maximum atomic E-state index is 13.0. The molecule has 0 atom stereocenters. The molecular formula is C19H23FIN5S. The van der Waals surface area contributed by atoms with Crippen molar-refractivity contribution >= 4 is 41.3 Å². The molecule has 0 spiro atoms. The summed E-state index contributed by atoms with van der Waals surface area (Å²) in [5.74, 6) is 0.524. The molecule has 3 aromatic rings. The molecule has 1 aromatic carbocycles. The molecule has 2 N–H and O–H groups in total. The highest BCUT2D eigenvalue weighted by Crippen LogP contribution is 2.14. The van der Waals surface area contributed by atoms with Gasteiger partial charge < -0.3 is 10.6 Å². The minimum atomic E-state index is -0.248. The second-order valence-electron chi connectivity index (χ2n) is 5.84. The van der Waals surface area contributed by atoms with Crippen molar-refractivity contribution in [1.29, 1.82) is 0 Å². The molecule has 144 valence electrons. The van der Waals surface area contributed by atoms with Gasteiger partial charge in [0.25, 0.3) is 0 Å². The van der Waals surface area contributed by atoms with Crippen LogP contribution in [-0.2, 0) is 13.0 Å². The van der Waals surface area contributed by atoms with Crippen LogP contribution in [0.3, 0.4) is 0 Å². The molecule has 27 heavy (non-hydrogen) atoms. The Morgan fingerprint density at radius 2 is 1.93 bits per heavy atom. The fourth-order valence-electron chi connectivity index (χ4n) is 2.51. The average Bonchev–Trinajstić information content (AvgIpc) is 3.28. The summed E-state index contributed by atoms with van der Waals surface area (Å²) in [7, 11) is 1.76. The lowest BCUT2D eigenvalue weighted by molar-refractivity contribution is 0.627. The number of hydrogen-bond acceptors (Lipinski definition) is 3. The fourth-order valence-corrected chi connectivity index (χ4v) is 3.34. The van der Waals surface area contributed by atoms with Crippen LogP contribution in [0.1, 0.15) is 15.4 Å². The minimum absolute atomic E-state index is 0. The SMILES string of the molecule is CN=C(NCCc1ccn(-c2ccc(F)cc2)n1)NCc1ccc(C)s1.I. The highest BCUT2D eigenvalue weighted by molar-refractivity contribution is 14.0. The van der Waals surface area contributed by atoms with E-state index in [9.17, 15) is 4.39 Å². The minimum Gasteiger partial charge on any atom is -0.356 e. The van der Waals surface area contributed by atoms with Gasteiger partial charge in [0.15, 0.2) is 5.96 Å². The number of rotatable bonds is 6. The lowest BCUT2D eigenvalue weighted by Gasteiger charge is -2.10. The molecule has 0 aliphatic carbocycles. The summed E-state index contributed by atoms with van der Waals surface area (Å²) in [5.41, 5.74) is 1.81. The zero-order valence-corrected chi connectivity index (χ0v) is 18.4. The maximum Gasteiger partial charge on any atom is 0.191 e. The molecule has 0 bridgehead atoms. The van der Waals surface area contributed by atoms with Crippen molar-refractivity contribution in [2.45, 2.75) is 19.9 Å². The van der Waals surface area contributed by atoms with Gasteiger partial charge in [0, 0.05) is 36.0 Å². The van der Waals surface area contributed by atoms with Gasteiger partial charge in [0.1, 0.15) is 5.82 Å². The van der Waals surface area contributed by atoms with Crippen LogP contribution in [0.4, 0.5) is 4.39 Å². The molecule has 8 heteroatoms. The topological polar surface area (TPSA) is 54.2 Å². The van der Waals surface area contributed by atoms with Crippen LogP contribution in [0.15, 0.2) is 53.7 Å². The first kappa shape index (κ1) is 21.4. The van der Waals surface area contributed by atoms with Crippen LogP contribution in [-0.4, -0.2) is 29.3 Å². The first-order chi connectivity index (χ1) is 12.6. The van der Waals surface area contributed by atoms with Gasteiger partial charge in [-0.05, 0) is 49.4 Å². The number of guanidine groups is 1. The quantitative estimate of drug-likeness (QED) is 0.307. The molecule has 0 saturated carbocycles. The van der Waals surface area contributed by atoms with E-state index in [1.807, 2.05) is 12.3 Å². The monoisotopic (exact) mass is 499 g/mol. The van der Waals surface area contributed by atoms with E-state index in [0.29, 0.717) is 0 Å². The van der Waals surface area contributed by atoms with E-state index in [1.54, 1.807) is 35.2 Å². The molecular weight excluding hydrogens is 476 g/mol. The normalized spacial score (nSPS) is 11.1. The summed E-state index contributed by atoms with van der Waals surface area (Å²) in [6, 6.07) is 12.5. The number of nitrogens with zero attached hydrogens (tertiary/aromatic N) is 3. The molecule has 0 saturated heterocycles. The number of aryl methyl sites for hydroxylation is 1. The Morgan fingerprint density at radius 3 is 2.59 bits per heavy atom. The van der Waals surface area contributed by atoms with Crippen molar-refractivity contribution in [3.05, 3.63) is 69.9 Å². The molecule has 5 nitrogen and oxygen atoms in total. The summed E-state index contributed by atoms with van der Waals surface area (Å²) in [6.45, 7) is 3.59. The molecule has 0 radical (unpaired) electrons. The Morgan fingerprint density at radius 1 is 1.15 bits per heavy atom. The zero-order valence-electron chi connectivity index (χ0n) is 15.3. The number of aliphatic imine (C=N–C) groups is 1. The van der Waals surface area contributed by atoms with Gasteiger partial charge in [-0.3, -0.25) is 4.99 Å². The third kappa shape index (κ3) is 6.31. The predicted octanol–water partition coefficient (Wildman–Crippen LogP) is 3.91. The first-order valence-corrected chi connectivity index (χ1v) is 9.26. The summed E-state index contributed by atoms with van der Waals surface area (Å²) >= 11 is 1.78. The van der Waals surface area contributed by atoms with Crippen molar-refractivity contribution in [1.82, 2.24) is 20.4 Å². The number of thiophene rings is 1. The van der Waals surface area contributed by atoms with Crippen molar-refractivity contribution in [2.75, 3.05) is 13.6 Å². The molecule has 2 heterocycles. The van der Waals surface area contributed by atoms with E-state index in [1.165, 1.54) is 21.9 Å². The fraction of sp³-hybridized carbons (Fsp3) is 0.263. The Balaban J connectivity index is 0.00000261. The Hall–Kier alpha value is -1.94. The van der Waals surface area contributed by atoms with Crippen LogP contribution in [0.5, 0.6) is 0 Å². The van der Waals surface area contributed by atoms with Crippen LogP contribution < -0.4 is 10.6 Å². The zero-order chi connectivity index (χ0) is 18.4. The standard InChI is InChI=1S/C19H22FN5S.HI/c1-14-3-8-18(26-14)13-23-19(21-2)22-11-9-16-10-12-25(24-16)17-6-4-15(20)5-7-17;/h3-8,10,12H,9,11,13H2,1-2H3,(H2,21,22,23);1H. The molecule has 0 aliphatic rings. The van der Waals surface area contributed by atoms with Crippen LogP contribution >= 0.6 is 35.3 Å². The number of benzene rings is 1. The molecule has 0 aliphatic heterocycles. The van der Waals surface area contributed by atoms with Gasteiger partial charge in [-0.2, -0.15) is 5.10 Å². The third-order valence-electron chi connectivity index (χ3n) is 3.86. The number of nitrogens with one attached hydrogen (secondary N) is 2. The van der Waals surface area contributed by atoms with Gasteiger partial charge in [-0.15, -0.1) is 35.3 Å². The van der Waals surface area contributed by atoms with E-state index in [2.05, 4.69) is 39.8 Å². The van der Waals surface area contributed by atoms with Crippen LogP contribution in [0.25, 0.3) is 5.69 Å². The smallest absolute Gasteiger partial charge is 0.191 e. The Kier molecular flexibility index (Phi) is 8.23. The summed E-state index contributed by atoms with van der Waals surface area (Å²) < 4.78 is 14.8. The van der Waals surface area contributed by atoms with E-state index in [0.717, 1.165) is 36.9 Å². The van der Waals surface area contributed by atoms with Gasteiger partial charge in [0.2, 0.25) is 0 Å². The highest BCUT2D eigenvalue weighted by Gasteiger charge is 2.04. The second-order valence-corrected chi connectivity index (χ2v) is 7.22. The first-order valence-electron chi connectivity index (χ1n) is 8.44. The average molecular weight is 499 g/mol. The summed E-state index contributed by atoms with van der Waals surface area (Å²) in [6.07, 6.45) is 2.65. The van der Waals surface area contributed by atoms with E-state index < -0.39 is 0 Å². The molecule has 0 amide bonds. The molecule has 2 aromatic heterocycles. The largest absolute Gasteiger partial charge is 0.356 e. The van der Waals surface area contributed by atoms with Crippen LogP contribution in [0.2, 0.25) is 0 Å². The van der Waals surface area contributed by atoms with Gasteiger partial charge in [-0.25, -0.2) is 9.07 Å². The van der Waals surface area contributed by atoms with Crippen molar-refractivity contribution in [3.8, 4) is 5.69 Å². The highest BCUT2D eigenvalue weighted by atomic mass is 127. The lowest BCUT2D eigenvalue weighted by atomic mass is 10.3.